The first-order valence-electron chi connectivity index (χ1n) is 8.21. The minimum absolute atomic E-state index is 0.0957. The van der Waals surface area contributed by atoms with Gasteiger partial charge in [0, 0.05) is 13.0 Å². The highest BCUT2D eigenvalue weighted by atomic mass is 16.5. The number of rotatable bonds is 5. The molecule has 23 heavy (non-hydrogen) atoms. The molecule has 1 aliphatic rings. The molecule has 1 amide bonds. The van der Waals surface area contributed by atoms with E-state index in [1.165, 1.54) is 5.56 Å². The molecule has 4 heteroatoms. The van der Waals surface area contributed by atoms with Crippen LogP contribution in [0, 0.1) is 6.92 Å². The SMILES string of the molecule is Cc1ccc([C@@H]2COCCN2C(=O)CCCc2ccccc2)o1. The second-order valence-corrected chi connectivity index (χ2v) is 5.97. The fraction of sp³-hybridized carbons (Fsp3) is 0.421. The second kappa shape index (κ2) is 7.47. The van der Waals surface area contributed by atoms with E-state index < -0.39 is 0 Å². The number of carbonyl (C=O) groups is 1. The van der Waals surface area contributed by atoms with E-state index in [0.29, 0.717) is 26.2 Å². The van der Waals surface area contributed by atoms with Crippen LogP contribution in [0.3, 0.4) is 0 Å². The minimum Gasteiger partial charge on any atom is -0.464 e. The first kappa shape index (κ1) is 15.8. The van der Waals surface area contributed by atoms with Crippen molar-refractivity contribution in [1.29, 1.82) is 0 Å². The summed E-state index contributed by atoms with van der Waals surface area (Å²) in [7, 11) is 0. The Morgan fingerprint density at radius 3 is 2.78 bits per heavy atom. The van der Waals surface area contributed by atoms with Gasteiger partial charge in [0.2, 0.25) is 5.91 Å². The molecule has 0 aliphatic carbocycles. The predicted molar refractivity (Wildman–Crippen MR) is 88.1 cm³/mol. The fourth-order valence-electron chi connectivity index (χ4n) is 3.00. The lowest BCUT2D eigenvalue weighted by Gasteiger charge is -2.34. The van der Waals surface area contributed by atoms with Crippen LogP contribution in [0.25, 0.3) is 0 Å². The van der Waals surface area contributed by atoms with Crippen molar-refractivity contribution in [2.75, 3.05) is 19.8 Å². The lowest BCUT2D eigenvalue weighted by atomic mass is 10.1. The van der Waals surface area contributed by atoms with Crippen LogP contribution in [0.5, 0.6) is 0 Å². The van der Waals surface area contributed by atoms with E-state index in [2.05, 4.69) is 12.1 Å². The van der Waals surface area contributed by atoms with Crippen molar-refractivity contribution in [2.24, 2.45) is 0 Å². The summed E-state index contributed by atoms with van der Waals surface area (Å²) in [6.45, 7) is 3.66. The highest BCUT2D eigenvalue weighted by molar-refractivity contribution is 5.76. The number of carbonyl (C=O) groups excluding carboxylic acids is 1. The second-order valence-electron chi connectivity index (χ2n) is 5.97. The average molecular weight is 313 g/mol. The van der Waals surface area contributed by atoms with Crippen molar-refractivity contribution < 1.29 is 13.9 Å². The van der Waals surface area contributed by atoms with Crippen molar-refractivity contribution in [3.8, 4) is 0 Å². The molecule has 1 aromatic heterocycles. The maximum Gasteiger partial charge on any atom is 0.223 e. The van der Waals surface area contributed by atoms with Gasteiger partial charge in [0.05, 0.1) is 13.2 Å². The van der Waals surface area contributed by atoms with Crippen LogP contribution in [-0.4, -0.2) is 30.6 Å². The number of morpholine rings is 1. The van der Waals surface area contributed by atoms with Gasteiger partial charge in [0.25, 0.3) is 0 Å². The molecule has 0 N–H and O–H groups in total. The third-order valence-electron chi connectivity index (χ3n) is 4.24. The Kier molecular flexibility index (Phi) is 5.13. The van der Waals surface area contributed by atoms with Crippen LogP contribution in [0.1, 0.15) is 36.0 Å². The molecule has 3 rings (SSSR count). The monoisotopic (exact) mass is 313 g/mol. The third kappa shape index (κ3) is 4.02. The van der Waals surface area contributed by atoms with Crippen LogP contribution in [0.2, 0.25) is 0 Å². The quantitative estimate of drug-likeness (QED) is 0.848. The Balaban J connectivity index is 1.58. The Labute approximate surface area is 137 Å². The standard InChI is InChI=1S/C19H23NO3/c1-15-10-11-18(23-15)17-14-22-13-12-20(17)19(21)9-5-8-16-6-3-2-4-7-16/h2-4,6-7,10-11,17H,5,8-9,12-14H2,1H3/t17-/m0/s1. The maximum absolute atomic E-state index is 12.6. The van der Waals surface area contributed by atoms with E-state index in [1.54, 1.807) is 0 Å². The van der Waals surface area contributed by atoms with Gasteiger partial charge in [-0.3, -0.25) is 4.79 Å². The van der Waals surface area contributed by atoms with Crippen molar-refractivity contribution in [1.82, 2.24) is 4.90 Å². The summed E-state index contributed by atoms with van der Waals surface area (Å²) < 4.78 is 11.2. The fourth-order valence-corrected chi connectivity index (χ4v) is 3.00. The smallest absolute Gasteiger partial charge is 0.223 e. The Hall–Kier alpha value is -2.07. The van der Waals surface area contributed by atoms with Crippen LogP contribution < -0.4 is 0 Å². The molecule has 122 valence electrons. The molecule has 0 bridgehead atoms. The van der Waals surface area contributed by atoms with Crippen LogP contribution >= 0.6 is 0 Å². The van der Waals surface area contributed by atoms with Gasteiger partial charge in [-0.2, -0.15) is 0 Å². The molecule has 1 atom stereocenters. The topological polar surface area (TPSA) is 42.7 Å². The number of furan rings is 1. The summed E-state index contributed by atoms with van der Waals surface area (Å²) in [4.78, 5) is 14.5. The zero-order valence-corrected chi connectivity index (χ0v) is 13.5. The van der Waals surface area contributed by atoms with Gasteiger partial charge in [-0.25, -0.2) is 0 Å². The summed E-state index contributed by atoms with van der Waals surface area (Å²) in [6.07, 6.45) is 2.36. The molecular weight excluding hydrogens is 290 g/mol. The molecule has 1 fully saturated rings. The van der Waals surface area contributed by atoms with Crippen molar-refractivity contribution in [3.05, 3.63) is 59.5 Å². The van der Waals surface area contributed by atoms with Gasteiger partial charge >= 0.3 is 0 Å². The molecular formula is C19H23NO3. The summed E-state index contributed by atoms with van der Waals surface area (Å²) in [5.41, 5.74) is 1.28. The van der Waals surface area contributed by atoms with Gasteiger partial charge in [0.15, 0.2) is 0 Å². The molecule has 0 unspecified atom stereocenters. The van der Waals surface area contributed by atoms with Crippen LogP contribution in [-0.2, 0) is 16.0 Å². The Morgan fingerprint density at radius 1 is 1.22 bits per heavy atom. The summed E-state index contributed by atoms with van der Waals surface area (Å²) >= 11 is 0. The number of aryl methyl sites for hydroxylation is 2. The molecule has 2 aromatic rings. The normalized spacial score (nSPS) is 18.1. The van der Waals surface area contributed by atoms with Gasteiger partial charge in [-0.15, -0.1) is 0 Å². The van der Waals surface area contributed by atoms with Crippen molar-refractivity contribution in [3.63, 3.8) is 0 Å². The van der Waals surface area contributed by atoms with E-state index in [0.717, 1.165) is 24.4 Å². The maximum atomic E-state index is 12.6. The summed E-state index contributed by atoms with van der Waals surface area (Å²) in [5.74, 6) is 1.86. The lowest BCUT2D eigenvalue weighted by molar-refractivity contribution is -0.141. The number of hydrogen-bond acceptors (Lipinski definition) is 3. The number of nitrogens with zero attached hydrogens (tertiary/aromatic N) is 1. The van der Waals surface area contributed by atoms with Crippen LogP contribution in [0.4, 0.5) is 0 Å². The van der Waals surface area contributed by atoms with Crippen molar-refractivity contribution >= 4 is 5.91 Å². The van der Waals surface area contributed by atoms with E-state index in [-0.39, 0.29) is 11.9 Å². The summed E-state index contributed by atoms with van der Waals surface area (Å²) in [6, 6.07) is 14.1. The third-order valence-corrected chi connectivity index (χ3v) is 4.24. The molecule has 4 nitrogen and oxygen atoms in total. The van der Waals surface area contributed by atoms with Gasteiger partial charge in [-0.05, 0) is 37.5 Å². The number of hydrogen-bond donors (Lipinski definition) is 0. The van der Waals surface area contributed by atoms with Crippen molar-refractivity contribution in [2.45, 2.75) is 32.2 Å². The van der Waals surface area contributed by atoms with E-state index in [4.69, 9.17) is 9.15 Å². The van der Waals surface area contributed by atoms with Gasteiger partial charge in [0.1, 0.15) is 17.6 Å². The molecule has 1 aliphatic heterocycles. The average Bonchev–Trinajstić information content (AvgIpc) is 3.02. The molecule has 0 spiro atoms. The van der Waals surface area contributed by atoms with E-state index >= 15 is 0 Å². The predicted octanol–water partition coefficient (Wildman–Crippen LogP) is 3.51. The molecule has 1 aromatic carbocycles. The van der Waals surface area contributed by atoms with Gasteiger partial charge in [-0.1, -0.05) is 30.3 Å². The Bertz CT molecular complexity index is 635. The first-order valence-corrected chi connectivity index (χ1v) is 8.21. The zero-order chi connectivity index (χ0) is 16.1. The van der Waals surface area contributed by atoms with E-state index in [9.17, 15) is 4.79 Å². The van der Waals surface area contributed by atoms with Crippen LogP contribution in [0.15, 0.2) is 46.9 Å². The molecule has 0 radical (unpaired) electrons. The summed E-state index contributed by atoms with van der Waals surface area (Å²) in [5, 5.41) is 0. The zero-order valence-electron chi connectivity index (χ0n) is 13.5. The Morgan fingerprint density at radius 2 is 2.04 bits per heavy atom. The minimum atomic E-state index is -0.0957. The lowest BCUT2D eigenvalue weighted by Crippen LogP contribution is -2.43. The first-order chi connectivity index (χ1) is 11.2. The number of ether oxygens (including phenoxy) is 1. The molecule has 1 saturated heterocycles. The number of benzene rings is 1. The number of amides is 1. The molecule has 0 saturated carbocycles. The highest BCUT2D eigenvalue weighted by Gasteiger charge is 2.30. The molecule has 2 heterocycles. The largest absolute Gasteiger partial charge is 0.464 e. The highest BCUT2D eigenvalue weighted by Crippen LogP contribution is 2.26. The van der Waals surface area contributed by atoms with Gasteiger partial charge < -0.3 is 14.1 Å². The van der Waals surface area contributed by atoms with E-state index in [1.807, 2.05) is 42.2 Å².